The lowest BCUT2D eigenvalue weighted by atomic mass is 10.1. The molecule has 0 heterocycles. The summed E-state index contributed by atoms with van der Waals surface area (Å²) in [4.78, 5) is 23.4. The molecule has 1 atom stereocenters. The molecule has 82 valence electrons. The minimum atomic E-state index is -0.895. The number of carboxylic acids is 1. The van der Waals surface area contributed by atoms with Crippen LogP contribution in [0.5, 0.6) is 0 Å². The second-order valence-electron chi connectivity index (χ2n) is 3.10. The van der Waals surface area contributed by atoms with Crippen molar-refractivity contribution in [2.24, 2.45) is 5.92 Å². The summed E-state index contributed by atoms with van der Waals surface area (Å²) in [6.07, 6.45) is 0. The number of likely N-dealkylation sites (N-methyl/N-ethyl adjacent to an activating group) is 1. The number of carbonyl (C=O) groups excluding carboxylic acids is 1. The third-order valence-corrected chi connectivity index (χ3v) is 1.92. The van der Waals surface area contributed by atoms with Crippen LogP contribution >= 0.6 is 0 Å². The summed E-state index contributed by atoms with van der Waals surface area (Å²) in [6.45, 7) is 4.11. The zero-order chi connectivity index (χ0) is 11.1. The SMILES string of the molecule is CCN(CC(C)C(=O)O)C(=O)COC. The number of ether oxygens (including phenoxy) is 1. The Balaban J connectivity index is 4.14. The van der Waals surface area contributed by atoms with Crippen LogP contribution in [-0.4, -0.2) is 48.7 Å². The van der Waals surface area contributed by atoms with Gasteiger partial charge in [-0.2, -0.15) is 0 Å². The second kappa shape index (κ2) is 6.37. The Morgan fingerprint density at radius 1 is 1.50 bits per heavy atom. The van der Waals surface area contributed by atoms with E-state index in [1.54, 1.807) is 6.92 Å². The van der Waals surface area contributed by atoms with Gasteiger partial charge < -0.3 is 14.7 Å². The fraction of sp³-hybridized carbons (Fsp3) is 0.778. The first kappa shape index (κ1) is 12.9. The van der Waals surface area contributed by atoms with Gasteiger partial charge >= 0.3 is 5.97 Å². The normalized spacial score (nSPS) is 12.2. The van der Waals surface area contributed by atoms with E-state index in [0.717, 1.165) is 0 Å². The average Bonchev–Trinajstić information content (AvgIpc) is 2.13. The molecule has 0 aromatic carbocycles. The molecule has 5 heteroatoms. The van der Waals surface area contributed by atoms with E-state index >= 15 is 0 Å². The molecule has 0 aliphatic heterocycles. The lowest BCUT2D eigenvalue weighted by Gasteiger charge is -2.22. The van der Waals surface area contributed by atoms with Crippen molar-refractivity contribution >= 4 is 11.9 Å². The van der Waals surface area contributed by atoms with E-state index in [-0.39, 0.29) is 19.1 Å². The maximum absolute atomic E-state index is 11.3. The zero-order valence-electron chi connectivity index (χ0n) is 8.82. The van der Waals surface area contributed by atoms with Crippen molar-refractivity contribution in [3.63, 3.8) is 0 Å². The van der Waals surface area contributed by atoms with Crippen LogP contribution in [0.1, 0.15) is 13.8 Å². The van der Waals surface area contributed by atoms with E-state index in [4.69, 9.17) is 5.11 Å². The van der Waals surface area contributed by atoms with Gasteiger partial charge in [-0.1, -0.05) is 6.92 Å². The molecule has 0 aliphatic carbocycles. The number of amides is 1. The summed E-state index contributed by atoms with van der Waals surface area (Å²) in [5, 5.41) is 8.67. The van der Waals surface area contributed by atoms with Crippen LogP contribution in [0, 0.1) is 5.92 Å². The van der Waals surface area contributed by atoms with E-state index in [0.29, 0.717) is 6.54 Å². The molecule has 0 aromatic heterocycles. The standard InChI is InChI=1S/C9H17NO4/c1-4-10(8(11)6-14-3)5-7(2)9(12)13/h7H,4-6H2,1-3H3,(H,12,13). The van der Waals surface area contributed by atoms with Crippen molar-refractivity contribution in [2.75, 3.05) is 26.8 Å². The smallest absolute Gasteiger partial charge is 0.308 e. The lowest BCUT2D eigenvalue weighted by molar-refractivity contribution is -0.143. The second-order valence-corrected chi connectivity index (χ2v) is 3.10. The molecule has 1 unspecified atom stereocenters. The Kier molecular flexibility index (Phi) is 5.87. The molecule has 0 saturated heterocycles. The molecular weight excluding hydrogens is 186 g/mol. The third kappa shape index (κ3) is 4.23. The number of hydrogen-bond donors (Lipinski definition) is 1. The maximum Gasteiger partial charge on any atom is 0.308 e. The van der Waals surface area contributed by atoms with Gasteiger partial charge in [-0.05, 0) is 6.92 Å². The summed E-state index contributed by atoms with van der Waals surface area (Å²) in [7, 11) is 1.44. The van der Waals surface area contributed by atoms with E-state index in [1.807, 2.05) is 6.92 Å². The lowest BCUT2D eigenvalue weighted by Crippen LogP contribution is -2.38. The van der Waals surface area contributed by atoms with E-state index in [2.05, 4.69) is 4.74 Å². The first-order valence-corrected chi connectivity index (χ1v) is 4.52. The van der Waals surface area contributed by atoms with Crippen LogP contribution in [0.3, 0.4) is 0 Å². The van der Waals surface area contributed by atoms with E-state index in [1.165, 1.54) is 12.0 Å². The topological polar surface area (TPSA) is 66.8 Å². The molecule has 1 N–H and O–H groups in total. The molecule has 0 aliphatic rings. The van der Waals surface area contributed by atoms with Crippen molar-refractivity contribution in [1.82, 2.24) is 4.90 Å². The molecule has 0 saturated carbocycles. The summed E-state index contributed by atoms with van der Waals surface area (Å²) >= 11 is 0. The first-order chi connectivity index (χ1) is 6.52. The van der Waals surface area contributed by atoms with Gasteiger partial charge in [-0.3, -0.25) is 9.59 Å². The molecule has 0 bridgehead atoms. The van der Waals surface area contributed by atoms with Crippen LogP contribution in [0.4, 0.5) is 0 Å². The van der Waals surface area contributed by atoms with Crippen molar-refractivity contribution in [2.45, 2.75) is 13.8 Å². The highest BCUT2D eigenvalue weighted by molar-refractivity contribution is 5.78. The van der Waals surface area contributed by atoms with Crippen LogP contribution in [0.2, 0.25) is 0 Å². The number of carbonyl (C=O) groups is 2. The van der Waals surface area contributed by atoms with Crippen molar-refractivity contribution < 1.29 is 19.4 Å². The Morgan fingerprint density at radius 3 is 2.43 bits per heavy atom. The summed E-state index contributed by atoms with van der Waals surface area (Å²) < 4.78 is 4.69. The maximum atomic E-state index is 11.3. The Hall–Kier alpha value is -1.10. The Labute approximate surface area is 83.6 Å². The molecule has 0 radical (unpaired) electrons. The highest BCUT2D eigenvalue weighted by atomic mass is 16.5. The fourth-order valence-electron chi connectivity index (χ4n) is 1.03. The van der Waals surface area contributed by atoms with E-state index < -0.39 is 11.9 Å². The Bertz CT molecular complexity index is 205. The molecular formula is C9H17NO4. The Morgan fingerprint density at radius 2 is 2.07 bits per heavy atom. The van der Waals surface area contributed by atoms with Gasteiger partial charge in [0.2, 0.25) is 5.91 Å². The first-order valence-electron chi connectivity index (χ1n) is 4.52. The van der Waals surface area contributed by atoms with Crippen molar-refractivity contribution in [3.05, 3.63) is 0 Å². The molecule has 0 aromatic rings. The number of nitrogens with zero attached hydrogens (tertiary/aromatic N) is 1. The number of carboxylic acid groups (broad SMARTS) is 1. The molecule has 0 spiro atoms. The van der Waals surface area contributed by atoms with E-state index in [9.17, 15) is 9.59 Å². The van der Waals surface area contributed by atoms with Gasteiger partial charge in [-0.15, -0.1) is 0 Å². The van der Waals surface area contributed by atoms with Crippen LogP contribution in [-0.2, 0) is 14.3 Å². The van der Waals surface area contributed by atoms with Gasteiger partial charge in [0, 0.05) is 20.2 Å². The summed E-state index contributed by atoms with van der Waals surface area (Å²) in [5.41, 5.74) is 0. The highest BCUT2D eigenvalue weighted by Crippen LogP contribution is 2.00. The van der Waals surface area contributed by atoms with Gasteiger partial charge in [0.15, 0.2) is 0 Å². The molecule has 14 heavy (non-hydrogen) atoms. The van der Waals surface area contributed by atoms with Crippen molar-refractivity contribution in [1.29, 1.82) is 0 Å². The van der Waals surface area contributed by atoms with Gasteiger partial charge in [0.25, 0.3) is 0 Å². The van der Waals surface area contributed by atoms with Gasteiger partial charge in [0.1, 0.15) is 6.61 Å². The van der Waals surface area contributed by atoms with Crippen LogP contribution < -0.4 is 0 Å². The fourth-order valence-corrected chi connectivity index (χ4v) is 1.03. The molecule has 1 amide bonds. The van der Waals surface area contributed by atoms with Gasteiger partial charge in [-0.25, -0.2) is 0 Å². The van der Waals surface area contributed by atoms with Crippen LogP contribution in [0.25, 0.3) is 0 Å². The molecule has 0 rings (SSSR count). The summed E-state index contributed by atoms with van der Waals surface area (Å²) in [5.74, 6) is -1.62. The van der Waals surface area contributed by atoms with Crippen molar-refractivity contribution in [3.8, 4) is 0 Å². The number of hydrogen-bond acceptors (Lipinski definition) is 3. The zero-order valence-corrected chi connectivity index (χ0v) is 8.82. The minimum Gasteiger partial charge on any atom is -0.481 e. The monoisotopic (exact) mass is 203 g/mol. The summed E-state index contributed by atoms with van der Waals surface area (Å²) in [6, 6.07) is 0. The average molecular weight is 203 g/mol. The minimum absolute atomic E-state index is 0.000178. The predicted molar refractivity (Wildman–Crippen MR) is 50.9 cm³/mol. The number of rotatable bonds is 6. The third-order valence-electron chi connectivity index (χ3n) is 1.92. The molecule has 5 nitrogen and oxygen atoms in total. The number of aliphatic carboxylic acids is 1. The highest BCUT2D eigenvalue weighted by Gasteiger charge is 2.18. The van der Waals surface area contributed by atoms with Gasteiger partial charge in [0.05, 0.1) is 5.92 Å². The molecule has 0 fully saturated rings. The largest absolute Gasteiger partial charge is 0.481 e. The van der Waals surface area contributed by atoms with Crippen LogP contribution in [0.15, 0.2) is 0 Å². The number of methoxy groups -OCH3 is 1. The quantitative estimate of drug-likeness (QED) is 0.669. The predicted octanol–water partition coefficient (Wildman–Crippen LogP) is 0.202.